The molecule has 2 aliphatic heterocycles. The number of carbonyl (C=O) groups excluding carboxylic acids is 2. The van der Waals surface area contributed by atoms with Crippen LogP contribution >= 0.6 is 11.6 Å². The predicted molar refractivity (Wildman–Crippen MR) is 129 cm³/mol. The molecular weight excluding hydrogens is 474 g/mol. The van der Waals surface area contributed by atoms with Crippen molar-refractivity contribution in [3.8, 4) is 5.75 Å². The Morgan fingerprint density at radius 1 is 1.09 bits per heavy atom. The maximum Gasteiger partial charge on any atom is 0.290 e. The van der Waals surface area contributed by atoms with E-state index in [-0.39, 0.29) is 29.3 Å². The van der Waals surface area contributed by atoms with Crippen LogP contribution in [-0.4, -0.2) is 67.6 Å². The third kappa shape index (κ3) is 4.62. The van der Waals surface area contributed by atoms with Crippen LogP contribution in [0.3, 0.4) is 0 Å². The van der Waals surface area contributed by atoms with Gasteiger partial charge in [0.25, 0.3) is 11.8 Å². The van der Waals surface area contributed by atoms with E-state index in [1.54, 1.807) is 47.4 Å². The second kappa shape index (κ2) is 9.69. The molecule has 1 fully saturated rings. The smallest absolute Gasteiger partial charge is 0.290 e. The zero-order valence-electron chi connectivity index (χ0n) is 18.9. The summed E-state index contributed by atoms with van der Waals surface area (Å²) in [4.78, 5) is 42.0. The fraction of sp³-hybridized carbons (Fsp3) is 0.320. The molecule has 0 saturated carbocycles. The Balaban J connectivity index is 1.54. The Labute approximate surface area is 205 Å². The van der Waals surface area contributed by atoms with E-state index in [2.05, 4.69) is 4.90 Å². The molecule has 0 aliphatic carbocycles. The van der Waals surface area contributed by atoms with Gasteiger partial charge in [0, 0.05) is 31.2 Å². The van der Waals surface area contributed by atoms with Gasteiger partial charge < -0.3 is 24.5 Å². The Hall–Kier alpha value is -3.40. The van der Waals surface area contributed by atoms with Crippen molar-refractivity contribution < 1.29 is 23.5 Å². The summed E-state index contributed by atoms with van der Waals surface area (Å²) in [5, 5.41) is 0.733. The number of nitrogens with two attached hydrogens (primary N) is 1. The summed E-state index contributed by atoms with van der Waals surface area (Å²) in [7, 11) is 0. The van der Waals surface area contributed by atoms with Gasteiger partial charge in [0.15, 0.2) is 12.0 Å². The standard InChI is InChI=1S/C25H24ClN3O6/c26-16-3-6-19-18(13-16)23(31)21-22(15-1-4-17(5-2-15)34-14-20(27)30)29(25(32)24(21)35-19)8-7-28-9-11-33-12-10-28/h1-6,13,22H,7-12,14H2,(H2,27,30). The highest BCUT2D eigenvalue weighted by Crippen LogP contribution is 2.38. The number of rotatable bonds is 7. The number of halogens is 1. The highest BCUT2D eigenvalue weighted by atomic mass is 35.5. The van der Waals surface area contributed by atoms with Crippen LogP contribution in [0.5, 0.6) is 5.75 Å². The number of hydrogen-bond donors (Lipinski definition) is 1. The Bertz CT molecular complexity index is 1330. The molecule has 182 valence electrons. The fourth-order valence-corrected chi connectivity index (χ4v) is 4.72. The monoisotopic (exact) mass is 497 g/mol. The molecule has 2 aromatic carbocycles. The van der Waals surface area contributed by atoms with Crippen molar-refractivity contribution in [3.63, 3.8) is 0 Å². The third-order valence-corrected chi connectivity index (χ3v) is 6.50. The van der Waals surface area contributed by atoms with Crippen LogP contribution in [0.25, 0.3) is 11.0 Å². The molecule has 1 atom stereocenters. The predicted octanol–water partition coefficient (Wildman–Crippen LogP) is 2.19. The first-order valence-electron chi connectivity index (χ1n) is 11.3. The zero-order chi connectivity index (χ0) is 24.5. The fourth-order valence-electron chi connectivity index (χ4n) is 4.54. The number of amides is 2. The minimum absolute atomic E-state index is 0.0471. The van der Waals surface area contributed by atoms with Crippen LogP contribution < -0.4 is 15.9 Å². The quantitative estimate of drug-likeness (QED) is 0.532. The van der Waals surface area contributed by atoms with E-state index in [4.69, 9.17) is 31.2 Å². The summed E-state index contributed by atoms with van der Waals surface area (Å²) in [5.74, 6) is -0.414. The molecule has 1 unspecified atom stereocenters. The highest BCUT2D eigenvalue weighted by molar-refractivity contribution is 6.31. The number of hydrogen-bond acceptors (Lipinski definition) is 7. The lowest BCUT2D eigenvalue weighted by molar-refractivity contribution is -0.119. The lowest BCUT2D eigenvalue weighted by atomic mass is 9.98. The molecular formula is C25H24ClN3O6. The van der Waals surface area contributed by atoms with Crippen molar-refractivity contribution in [1.29, 1.82) is 0 Å². The molecule has 35 heavy (non-hydrogen) atoms. The molecule has 0 radical (unpaired) electrons. The van der Waals surface area contributed by atoms with Crippen LogP contribution in [-0.2, 0) is 9.53 Å². The number of primary amides is 1. The first-order chi connectivity index (χ1) is 16.9. The Kier molecular flexibility index (Phi) is 6.46. The van der Waals surface area contributed by atoms with E-state index in [0.29, 0.717) is 48.0 Å². The number of carbonyl (C=O) groups is 2. The van der Waals surface area contributed by atoms with Gasteiger partial charge in [-0.25, -0.2) is 0 Å². The van der Waals surface area contributed by atoms with Gasteiger partial charge in [0.2, 0.25) is 5.76 Å². The SMILES string of the molecule is NC(=O)COc1ccc(C2c3c(oc4ccc(Cl)cc4c3=O)C(=O)N2CCN2CCOCC2)cc1. The molecule has 1 saturated heterocycles. The molecule has 0 spiro atoms. The van der Waals surface area contributed by atoms with Gasteiger partial charge >= 0.3 is 0 Å². The maximum atomic E-state index is 13.6. The van der Waals surface area contributed by atoms with E-state index in [1.807, 2.05) is 0 Å². The van der Waals surface area contributed by atoms with Crippen LogP contribution in [0.4, 0.5) is 0 Å². The van der Waals surface area contributed by atoms with E-state index in [0.717, 1.165) is 18.7 Å². The summed E-state index contributed by atoms with van der Waals surface area (Å²) in [6, 6.07) is 11.0. The van der Waals surface area contributed by atoms with Crippen molar-refractivity contribution in [1.82, 2.24) is 9.80 Å². The summed E-state index contributed by atoms with van der Waals surface area (Å²) in [6.07, 6.45) is 0. The molecule has 1 aromatic heterocycles. The van der Waals surface area contributed by atoms with Crippen molar-refractivity contribution in [2.45, 2.75) is 6.04 Å². The third-order valence-electron chi connectivity index (χ3n) is 6.27. The second-order valence-electron chi connectivity index (χ2n) is 8.49. The number of benzene rings is 2. The second-order valence-corrected chi connectivity index (χ2v) is 8.93. The molecule has 2 aliphatic rings. The molecule has 3 heterocycles. The first-order valence-corrected chi connectivity index (χ1v) is 11.7. The van der Waals surface area contributed by atoms with Crippen LogP contribution in [0.1, 0.15) is 27.7 Å². The largest absolute Gasteiger partial charge is 0.484 e. The van der Waals surface area contributed by atoms with Crippen molar-refractivity contribution in [3.05, 3.63) is 74.6 Å². The van der Waals surface area contributed by atoms with E-state index in [1.165, 1.54) is 0 Å². The average molecular weight is 498 g/mol. The Morgan fingerprint density at radius 3 is 2.54 bits per heavy atom. The average Bonchev–Trinajstić information content (AvgIpc) is 3.14. The van der Waals surface area contributed by atoms with Crippen molar-refractivity contribution in [2.24, 2.45) is 5.73 Å². The van der Waals surface area contributed by atoms with Crippen LogP contribution in [0, 0.1) is 0 Å². The van der Waals surface area contributed by atoms with E-state index >= 15 is 0 Å². The molecule has 5 rings (SSSR count). The number of nitrogens with zero attached hydrogens (tertiary/aromatic N) is 2. The minimum atomic E-state index is -0.636. The van der Waals surface area contributed by atoms with Gasteiger partial charge in [-0.2, -0.15) is 0 Å². The minimum Gasteiger partial charge on any atom is -0.484 e. The molecule has 9 nitrogen and oxygen atoms in total. The van der Waals surface area contributed by atoms with Crippen LogP contribution in [0.2, 0.25) is 5.02 Å². The van der Waals surface area contributed by atoms with Crippen molar-refractivity contribution in [2.75, 3.05) is 46.0 Å². The summed E-state index contributed by atoms with van der Waals surface area (Å²) >= 11 is 6.14. The maximum absolute atomic E-state index is 13.6. The number of morpholine rings is 1. The molecule has 0 bridgehead atoms. The number of fused-ring (bicyclic) bond motifs is 2. The zero-order valence-corrected chi connectivity index (χ0v) is 19.6. The lowest BCUT2D eigenvalue weighted by Crippen LogP contribution is -2.42. The van der Waals surface area contributed by atoms with E-state index in [9.17, 15) is 14.4 Å². The molecule has 2 N–H and O–H groups in total. The van der Waals surface area contributed by atoms with Gasteiger partial charge in [-0.05, 0) is 35.9 Å². The Morgan fingerprint density at radius 2 is 1.83 bits per heavy atom. The van der Waals surface area contributed by atoms with Gasteiger partial charge in [-0.3, -0.25) is 19.3 Å². The number of ether oxygens (including phenoxy) is 2. The summed E-state index contributed by atoms with van der Waals surface area (Å²) in [6.45, 7) is 3.67. The molecule has 2 amide bonds. The normalized spacial score (nSPS) is 18.1. The van der Waals surface area contributed by atoms with E-state index < -0.39 is 11.9 Å². The van der Waals surface area contributed by atoms with Gasteiger partial charge in [-0.1, -0.05) is 23.7 Å². The summed E-state index contributed by atoms with van der Waals surface area (Å²) < 4.78 is 16.7. The van der Waals surface area contributed by atoms with Gasteiger partial charge in [0.05, 0.1) is 30.2 Å². The van der Waals surface area contributed by atoms with Crippen molar-refractivity contribution >= 4 is 34.4 Å². The summed E-state index contributed by atoms with van der Waals surface area (Å²) in [5.41, 5.74) is 6.19. The first kappa shape index (κ1) is 23.3. The highest BCUT2D eigenvalue weighted by Gasteiger charge is 2.42. The van der Waals surface area contributed by atoms with Gasteiger partial charge in [0.1, 0.15) is 11.3 Å². The van der Waals surface area contributed by atoms with Gasteiger partial charge in [-0.15, -0.1) is 0 Å². The van der Waals surface area contributed by atoms with Crippen LogP contribution in [0.15, 0.2) is 51.7 Å². The molecule has 3 aromatic rings. The lowest BCUT2D eigenvalue weighted by Gasteiger charge is -2.31. The molecule has 10 heteroatoms. The topological polar surface area (TPSA) is 115 Å².